The highest BCUT2D eigenvalue weighted by molar-refractivity contribution is 5.20. The molecule has 0 unspecified atom stereocenters. The SMILES string of the molecule is CC(C)n1ccnc(-n2cnc(N)n2)c1=O. The summed E-state index contributed by atoms with van der Waals surface area (Å²) in [7, 11) is 0. The summed E-state index contributed by atoms with van der Waals surface area (Å²) in [6, 6.07) is 0.0649. The van der Waals surface area contributed by atoms with Crippen LogP contribution >= 0.6 is 0 Å². The Morgan fingerprint density at radius 1 is 1.38 bits per heavy atom. The maximum atomic E-state index is 12.0. The second-order valence-electron chi connectivity index (χ2n) is 3.60. The van der Waals surface area contributed by atoms with Gasteiger partial charge in [-0.2, -0.15) is 4.68 Å². The summed E-state index contributed by atoms with van der Waals surface area (Å²) in [6.45, 7) is 3.84. The number of hydrogen-bond acceptors (Lipinski definition) is 5. The molecule has 0 saturated carbocycles. The van der Waals surface area contributed by atoms with Crippen molar-refractivity contribution in [2.24, 2.45) is 0 Å². The van der Waals surface area contributed by atoms with Gasteiger partial charge in [0.25, 0.3) is 5.56 Å². The molecule has 2 N–H and O–H groups in total. The smallest absolute Gasteiger partial charge is 0.295 e. The van der Waals surface area contributed by atoms with Crippen LogP contribution < -0.4 is 11.3 Å². The fraction of sp³-hybridized carbons (Fsp3) is 0.333. The zero-order chi connectivity index (χ0) is 11.7. The van der Waals surface area contributed by atoms with E-state index in [-0.39, 0.29) is 23.4 Å². The average Bonchev–Trinajstić information content (AvgIpc) is 2.64. The molecule has 0 amide bonds. The number of nitrogens with two attached hydrogens (primary N) is 1. The number of hydrogen-bond donors (Lipinski definition) is 1. The molecule has 84 valence electrons. The van der Waals surface area contributed by atoms with E-state index < -0.39 is 0 Å². The molecule has 2 aromatic heterocycles. The van der Waals surface area contributed by atoms with Gasteiger partial charge < -0.3 is 10.3 Å². The molecule has 0 spiro atoms. The van der Waals surface area contributed by atoms with E-state index in [1.54, 1.807) is 17.0 Å². The summed E-state index contributed by atoms with van der Waals surface area (Å²) in [6.07, 6.45) is 4.55. The van der Waals surface area contributed by atoms with Crippen molar-refractivity contribution in [1.82, 2.24) is 24.3 Å². The topological polar surface area (TPSA) is 91.6 Å². The van der Waals surface area contributed by atoms with Gasteiger partial charge in [0.1, 0.15) is 6.33 Å². The maximum Gasteiger partial charge on any atom is 0.295 e. The molecule has 2 rings (SSSR count). The highest BCUT2D eigenvalue weighted by Crippen LogP contribution is 2.01. The van der Waals surface area contributed by atoms with Crippen molar-refractivity contribution in [2.75, 3.05) is 5.73 Å². The van der Waals surface area contributed by atoms with E-state index >= 15 is 0 Å². The number of aromatic nitrogens is 5. The predicted molar refractivity (Wildman–Crippen MR) is 58.2 cm³/mol. The highest BCUT2D eigenvalue weighted by Gasteiger charge is 2.10. The molecule has 2 aromatic rings. The molecule has 7 heteroatoms. The zero-order valence-corrected chi connectivity index (χ0v) is 9.03. The maximum absolute atomic E-state index is 12.0. The molecule has 0 radical (unpaired) electrons. The molecule has 0 aliphatic rings. The predicted octanol–water partition coefficient (Wildman–Crippen LogP) is -0.0129. The third-order valence-corrected chi connectivity index (χ3v) is 2.13. The lowest BCUT2D eigenvalue weighted by molar-refractivity contribution is 0.567. The Morgan fingerprint density at radius 2 is 2.12 bits per heavy atom. The van der Waals surface area contributed by atoms with Gasteiger partial charge in [-0.25, -0.2) is 9.97 Å². The number of nitrogen functional groups attached to an aromatic ring is 1. The summed E-state index contributed by atoms with van der Waals surface area (Å²) in [5, 5.41) is 3.85. The van der Waals surface area contributed by atoms with Gasteiger partial charge >= 0.3 is 0 Å². The van der Waals surface area contributed by atoms with Gasteiger partial charge in [0, 0.05) is 18.4 Å². The van der Waals surface area contributed by atoms with Crippen LogP contribution in [0.3, 0.4) is 0 Å². The van der Waals surface area contributed by atoms with E-state index in [9.17, 15) is 4.79 Å². The zero-order valence-electron chi connectivity index (χ0n) is 9.03. The van der Waals surface area contributed by atoms with Crippen LogP contribution in [0.1, 0.15) is 19.9 Å². The molecule has 0 atom stereocenters. The van der Waals surface area contributed by atoms with Crippen molar-refractivity contribution in [3.05, 3.63) is 29.1 Å². The third kappa shape index (κ3) is 1.67. The van der Waals surface area contributed by atoms with Crippen molar-refractivity contribution in [3.8, 4) is 5.82 Å². The largest absolute Gasteiger partial charge is 0.366 e. The first-order valence-electron chi connectivity index (χ1n) is 4.84. The molecular formula is C9H12N6O. The van der Waals surface area contributed by atoms with Gasteiger partial charge in [-0.05, 0) is 13.8 Å². The summed E-state index contributed by atoms with van der Waals surface area (Å²) in [5.41, 5.74) is 5.16. The van der Waals surface area contributed by atoms with Crippen LogP contribution in [-0.2, 0) is 0 Å². The van der Waals surface area contributed by atoms with Crippen LogP contribution in [0.2, 0.25) is 0 Å². The van der Waals surface area contributed by atoms with Gasteiger partial charge in [-0.15, -0.1) is 5.10 Å². The lowest BCUT2D eigenvalue weighted by Gasteiger charge is -2.09. The van der Waals surface area contributed by atoms with Gasteiger partial charge in [-0.3, -0.25) is 4.79 Å². The fourth-order valence-corrected chi connectivity index (χ4v) is 1.36. The van der Waals surface area contributed by atoms with E-state index in [0.29, 0.717) is 0 Å². The van der Waals surface area contributed by atoms with Crippen molar-refractivity contribution in [3.63, 3.8) is 0 Å². The Bertz CT molecular complexity index is 555. The van der Waals surface area contributed by atoms with E-state index in [0.717, 1.165) is 0 Å². The summed E-state index contributed by atoms with van der Waals surface area (Å²) < 4.78 is 2.84. The quantitative estimate of drug-likeness (QED) is 0.768. The minimum Gasteiger partial charge on any atom is -0.366 e. The van der Waals surface area contributed by atoms with Crippen LogP contribution in [0.15, 0.2) is 23.5 Å². The first kappa shape index (κ1) is 10.3. The van der Waals surface area contributed by atoms with Gasteiger partial charge in [0.2, 0.25) is 11.8 Å². The first-order chi connectivity index (χ1) is 7.59. The monoisotopic (exact) mass is 220 g/mol. The Hall–Kier alpha value is -2.18. The van der Waals surface area contributed by atoms with Gasteiger partial charge in [0.15, 0.2) is 0 Å². The van der Waals surface area contributed by atoms with Crippen LogP contribution in [-0.4, -0.2) is 24.3 Å². The van der Waals surface area contributed by atoms with E-state index in [1.165, 1.54) is 11.0 Å². The Balaban J connectivity index is 2.59. The number of anilines is 1. The second-order valence-corrected chi connectivity index (χ2v) is 3.60. The summed E-state index contributed by atoms with van der Waals surface area (Å²) in [5.74, 6) is 0.307. The van der Waals surface area contributed by atoms with Crippen molar-refractivity contribution < 1.29 is 0 Å². The van der Waals surface area contributed by atoms with Crippen molar-refractivity contribution in [2.45, 2.75) is 19.9 Å². The molecule has 0 fully saturated rings. The van der Waals surface area contributed by atoms with Crippen LogP contribution in [0.5, 0.6) is 0 Å². The first-order valence-corrected chi connectivity index (χ1v) is 4.84. The minimum absolute atomic E-state index is 0.0649. The molecule has 2 heterocycles. The summed E-state index contributed by atoms with van der Waals surface area (Å²) in [4.78, 5) is 19.7. The molecule has 16 heavy (non-hydrogen) atoms. The molecule has 0 bridgehead atoms. The van der Waals surface area contributed by atoms with Crippen LogP contribution in [0, 0.1) is 0 Å². The van der Waals surface area contributed by atoms with Crippen molar-refractivity contribution >= 4 is 5.95 Å². The Morgan fingerprint density at radius 3 is 2.69 bits per heavy atom. The molecule has 0 aliphatic carbocycles. The van der Waals surface area contributed by atoms with E-state index in [1.807, 2.05) is 13.8 Å². The molecule has 0 aromatic carbocycles. The van der Waals surface area contributed by atoms with Gasteiger partial charge in [0.05, 0.1) is 0 Å². The minimum atomic E-state index is -0.220. The van der Waals surface area contributed by atoms with Gasteiger partial charge in [-0.1, -0.05) is 0 Å². The van der Waals surface area contributed by atoms with Crippen LogP contribution in [0.25, 0.3) is 5.82 Å². The standard InChI is InChI=1S/C9H12N6O/c1-6(2)14-4-3-11-7(8(14)16)15-5-12-9(10)13-15/h3-6H,1-2H3,(H2,10,13). The molecule has 0 saturated heterocycles. The number of nitrogens with zero attached hydrogens (tertiary/aromatic N) is 5. The highest BCUT2D eigenvalue weighted by atomic mass is 16.1. The third-order valence-electron chi connectivity index (χ3n) is 2.13. The Labute approximate surface area is 91.6 Å². The second kappa shape index (κ2) is 3.76. The van der Waals surface area contributed by atoms with E-state index in [2.05, 4.69) is 15.1 Å². The average molecular weight is 220 g/mol. The van der Waals surface area contributed by atoms with Crippen molar-refractivity contribution in [1.29, 1.82) is 0 Å². The van der Waals surface area contributed by atoms with Crippen LogP contribution in [0.4, 0.5) is 5.95 Å². The molecule has 0 aliphatic heterocycles. The molecule has 7 nitrogen and oxygen atoms in total. The van der Waals surface area contributed by atoms with E-state index in [4.69, 9.17) is 5.73 Å². The molecular weight excluding hydrogens is 208 g/mol. The summed E-state index contributed by atoms with van der Waals surface area (Å²) >= 11 is 0. The lowest BCUT2D eigenvalue weighted by atomic mass is 10.4. The Kier molecular flexibility index (Phi) is 2.43. The fourth-order valence-electron chi connectivity index (χ4n) is 1.36. The number of rotatable bonds is 2. The lowest BCUT2D eigenvalue weighted by Crippen LogP contribution is -2.26. The normalized spacial score (nSPS) is 10.9.